The van der Waals surface area contributed by atoms with Crippen molar-refractivity contribution in [3.05, 3.63) is 97.2 Å². The van der Waals surface area contributed by atoms with Gasteiger partial charge in [-0.25, -0.2) is 0 Å². The molecule has 0 aromatic carbocycles. The number of esters is 2. The second-order valence-electron chi connectivity index (χ2n) is 16.9. The Morgan fingerprint density at radius 2 is 1.14 bits per heavy atom. The fourth-order valence-corrected chi connectivity index (χ4v) is 6.64. The van der Waals surface area contributed by atoms with Gasteiger partial charge in [0.15, 0.2) is 6.10 Å². The van der Waals surface area contributed by atoms with E-state index in [4.69, 9.17) is 18.5 Å². The minimum Gasteiger partial charge on any atom is -0.756 e. The van der Waals surface area contributed by atoms with Gasteiger partial charge in [-0.3, -0.25) is 14.2 Å². The Morgan fingerprint density at radius 3 is 1.76 bits per heavy atom. The van der Waals surface area contributed by atoms with Gasteiger partial charge in [0, 0.05) is 12.8 Å². The number of rotatable bonds is 42. The minimum absolute atomic E-state index is 0.0595. The highest BCUT2D eigenvalue weighted by Crippen LogP contribution is 2.38. The van der Waals surface area contributed by atoms with Crippen LogP contribution < -0.4 is 4.89 Å². The quantitative estimate of drug-likeness (QED) is 0.0159. The smallest absolute Gasteiger partial charge is 0.306 e. The SMILES string of the molecule is CC/C=C\C/C=C\CC(O)/C=C/C=C\C/C=C\C/C=C\CCC(=O)O[C@H](COC(=O)CCCCCCCCCCC/C=C\C/C=C\CCCCC)COP(=O)([O-])OCC[N+](C)(C)C. The van der Waals surface area contributed by atoms with E-state index in [9.17, 15) is 24.2 Å². The molecule has 3 atom stereocenters. The van der Waals surface area contributed by atoms with Gasteiger partial charge in [-0.15, -0.1) is 0 Å². The van der Waals surface area contributed by atoms with Crippen molar-refractivity contribution in [1.29, 1.82) is 0 Å². The van der Waals surface area contributed by atoms with Crippen LogP contribution in [0.15, 0.2) is 97.2 Å². The summed E-state index contributed by atoms with van der Waals surface area (Å²) in [5.41, 5.74) is 0. The maximum Gasteiger partial charge on any atom is 0.306 e. The fraction of sp³-hybridized carbons (Fsp3) is 0.654. The molecule has 0 aromatic heterocycles. The zero-order valence-electron chi connectivity index (χ0n) is 40.1. The molecule has 2 unspecified atom stereocenters. The van der Waals surface area contributed by atoms with E-state index in [1.165, 1.54) is 57.8 Å². The number of phosphoric ester groups is 1. The number of aliphatic hydroxyl groups is 1. The maximum absolute atomic E-state index is 12.7. The summed E-state index contributed by atoms with van der Waals surface area (Å²) in [6.07, 6.45) is 53.3. The van der Waals surface area contributed by atoms with E-state index in [1.54, 1.807) is 6.08 Å². The average molecular weight is 902 g/mol. The highest BCUT2D eigenvalue weighted by molar-refractivity contribution is 7.45. The van der Waals surface area contributed by atoms with Crippen LogP contribution in [0.4, 0.5) is 0 Å². The number of aliphatic hydroxyl groups excluding tert-OH is 1. The van der Waals surface area contributed by atoms with Gasteiger partial charge in [-0.2, -0.15) is 0 Å². The fourth-order valence-electron chi connectivity index (χ4n) is 5.91. The number of unbranched alkanes of at least 4 members (excludes halogenated alkanes) is 12. The summed E-state index contributed by atoms with van der Waals surface area (Å²) >= 11 is 0. The first kappa shape index (κ1) is 59.9. The predicted molar refractivity (Wildman–Crippen MR) is 260 cm³/mol. The van der Waals surface area contributed by atoms with E-state index >= 15 is 0 Å². The topological polar surface area (TPSA) is 131 Å². The summed E-state index contributed by atoms with van der Waals surface area (Å²) in [6, 6.07) is 0. The van der Waals surface area contributed by atoms with Crippen LogP contribution in [-0.2, 0) is 32.7 Å². The Bertz CT molecular complexity index is 1410. The van der Waals surface area contributed by atoms with Crippen LogP contribution in [0.25, 0.3) is 0 Å². The van der Waals surface area contributed by atoms with Crippen LogP contribution in [0.2, 0.25) is 0 Å². The van der Waals surface area contributed by atoms with E-state index in [2.05, 4.69) is 56.4 Å². The molecule has 0 bridgehead atoms. The van der Waals surface area contributed by atoms with Crippen molar-refractivity contribution in [3.8, 4) is 0 Å². The number of nitrogens with zero attached hydrogens (tertiary/aromatic N) is 1. The molecule has 1 N–H and O–H groups in total. The summed E-state index contributed by atoms with van der Waals surface area (Å²) in [6.45, 7) is 3.90. The number of likely N-dealkylation sites (N-methyl/N-ethyl adjacent to an activating group) is 1. The standard InChI is InChI=1S/C52H88NO9P/c1-6-8-10-12-14-15-16-17-18-19-20-21-22-23-24-28-31-35-39-43-51(55)59-47-50(48-61-63(57,58)60-46-45-53(3,4)5)62-52(56)44-40-36-32-29-26-25-27-30-34-38-42-49(54)41-37-33-13-11-9-7-2/h9,11,14-15,17-18,25-26,30,32-34,36-38,42,49-50,54H,6-8,10,12-13,16,19-24,27-29,31,35,39-41,43-48H2,1-5H3/b11-9-,15-14-,18-17-,26-25-,34-30-,36-32-,37-33-,42-38+/t49?,50-/m1/s1. The van der Waals surface area contributed by atoms with Gasteiger partial charge in [0.2, 0.25) is 0 Å². The van der Waals surface area contributed by atoms with Crippen molar-refractivity contribution in [3.63, 3.8) is 0 Å². The van der Waals surface area contributed by atoms with E-state index in [-0.39, 0.29) is 26.1 Å². The van der Waals surface area contributed by atoms with Crippen LogP contribution in [0, 0.1) is 0 Å². The predicted octanol–water partition coefficient (Wildman–Crippen LogP) is 12.5. The highest BCUT2D eigenvalue weighted by Gasteiger charge is 2.21. The average Bonchev–Trinajstić information content (AvgIpc) is 3.23. The molecule has 0 fully saturated rings. The molecule has 0 amide bonds. The third-order valence-electron chi connectivity index (χ3n) is 9.68. The molecule has 11 heteroatoms. The Balaban J connectivity index is 4.50. The Kier molecular flexibility index (Phi) is 40.7. The van der Waals surface area contributed by atoms with Crippen LogP contribution in [0.3, 0.4) is 0 Å². The molecule has 0 saturated carbocycles. The monoisotopic (exact) mass is 902 g/mol. The summed E-state index contributed by atoms with van der Waals surface area (Å²) < 4.78 is 33.8. The van der Waals surface area contributed by atoms with Crippen molar-refractivity contribution < 1.29 is 47.2 Å². The third-order valence-corrected chi connectivity index (χ3v) is 10.6. The molecule has 10 nitrogen and oxygen atoms in total. The number of phosphoric acid groups is 1. The van der Waals surface area contributed by atoms with Gasteiger partial charge >= 0.3 is 11.9 Å². The zero-order valence-corrected chi connectivity index (χ0v) is 41.0. The van der Waals surface area contributed by atoms with Crippen LogP contribution in [0.5, 0.6) is 0 Å². The summed E-state index contributed by atoms with van der Waals surface area (Å²) in [5.74, 6) is -0.975. The van der Waals surface area contributed by atoms with Crippen molar-refractivity contribution in [1.82, 2.24) is 0 Å². The first-order valence-electron chi connectivity index (χ1n) is 24.1. The minimum atomic E-state index is -4.67. The Labute approximate surface area is 384 Å². The third kappa shape index (κ3) is 46.7. The number of hydrogen-bond donors (Lipinski definition) is 1. The number of quaternary nitrogens is 1. The molecule has 0 spiro atoms. The lowest BCUT2D eigenvalue weighted by atomic mass is 10.1. The van der Waals surface area contributed by atoms with Gasteiger partial charge in [-0.1, -0.05) is 169 Å². The molecule has 0 radical (unpaired) electrons. The molecule has 0 aromatic rings. The molecule has 0 aliphatic rings. The van der Waals surface area contributed by atoms with Crippen LogP contribution in [-0.4, -0.2) is 81.2 Å². The van der Waals surface area contributed by atoms with E-state index in [0.717, 1.165) is 51.4 Å². The Morgan fingerprint density at radius 1 is 0.603 bits per heavy atom. The highest BCUT2D eigenvalue weighted by atomic mass is 31.2. The number of carbonyl (C=O) groups is 2. The van der Waals surface area contributed by atoms with E-state index < -0.39 is 38.6 Å². The van der Waals surface area contributed by atoms with Gasteiger partial charge in [0.05, 0.1) is 33.9 Å². The molecule has 0 saturated heterocycles. The summed E-state index contributed by atoms with van der Waals surface area (Å²) in [4.78, 5) is 37.6. The summed E-state index contributed by atoms with van der Waals surface area (Å²) in [7, 11) is 1.07. The lowest BCUT2D eigenvalue weighted by molar-refractivity contribution is -0.870. The lowest BCUT2D eigenvalue weighted by Crippen LogP contribution is -2.37. The van der Waals surface area contributed by atoms with Gasteiger partial charge < -0.3 is 33.0 Å². The number of allylic oxidation sites excluding steroid dienone is 14. The second-order valence-corrected chi connectivity index (χ2v) is 18.3. The van der Waals surface area contributed by atoms with Crippen molar-refractivity contribution in [2.24, 2.45) is 0 Å². The van der Waals surface area contributed by atoms with Crippen LogP contribution in [0.1, 0.15) is 162 Å². The second kappa shape index (κ2) is 42.8. The molecule has 0 aliphatic carbocycles. The summed E-state index contributed by atoms with van der Waals surface area (Å²) in [5, 5.41) is 10.0. The van der Waals surface area contributed by atoms with Gasteiger partial charge in [-0.05, 0) is 77.0 Å². The van der Waals surface area contributed by atoms with Crippen molar-refractivity contribution >= 4 is 19.8 Å². The van der Waals surface area contributed by atoms with Crippen molar-refractivity contribution in [2.45, 2.75) is 174 Å². The number of hydrogen-bond acceptors (Lipinski definition) is 9. The van der Waals surface area contributed by atoms with Crippen molar-refractivity contribution in [2.75, 3.05) is 47.5 Å². The molecular weight excluding hydrogens is 814 g/mol. The lowest BCUT2D eigenvalue weighted by Gasteiger charge is -2.28. The zero-order chi connectivity index (χ0) is 46.5. The molecule has 63 heavy (non-hydrogen) atoms. The van der Waals surface area contributed by atoms with Crippen LogP contribution >= 0.6 is 7.82 Å². The largest absolute Gasteiger partial charge is 0.756 e. The molecule has 0 heterocycles. The molecule has 0 rings (SSSR count). The first-order chi connectivity index (χ1) is 30.4. The number of carbonyl (C=O) groups excluding carboxylic acids is 2. The molecule has 0 aliphatic heterocycles. The van der Waals surface area contributed by atoms with Gasteiger partial charge in [0.25, 0.3) is 7.82 Å². The molecular formula is C52H88NO9P. The first-order valence-corrected chi connectivity index (χ1v) is 25.5. The maximum atomic E-state index is 12.7. The van der Waals surface area contributed by atoms with E-state index in [0.29, 0.717) is 36.7 Å². The normalized spacial score (nSPS) is 14.8. The molecule has 360 valence electrons. The van der Waals surface area contributed by atoms with Gasteiger partial charge in [0.1, 0.15) is 19.8 Å². The van der Waals surface area contributed by atoms with E-state index in [1.807, 2.05) is 69.8 Å². The Hall–Kier alpha value is -3.11. The number of ether oxygens (including phenoxy) is 2.